The average Bonchev–Trinajstić information content (AvgIpc) is 2.80. The lowest BCUT2D eigenvalue weighted by Gasteiger charge is -2.36. The number of amides is 1. The lowest BCUT2D eigenvalue weighted by atomic mass is 10.1. The summed E-state index contributed by atoms with van der Waals surface area (Å²) in [6.07, 6.45) is 3.48. The molecule has 1 aromatic rings. The molecule has 2 aliphatic rings. The van der Waals surface area contributed by atoms with E-state index in [1.807, 2.05) is 9.47 Å². The lowest BCUT2D eigenvalue weighted by Crippen LogP contribution is -2.48. The van der Waals surface area contributed by atoms with Crippen LogP contribution < -0.4 is 0 Å². The molecule has 1 aromatic heterocycles. The molecule has 6 heteroatoms. The summed E-state index contributed by atoms with van der Waals surface area (Å²) in [6, 6.07) is 0.312. The van der Waals surface area contributed by atoms with Gasteiger partial charge in [-0.1, -0.05) is 0 Å². The molecule has 0 aliphatic carbocycles. The van der Waals surface area contributed by atoms with Crippen LogP contribution in [0.5, 0.6) is 0 Å². The van der Waals surface area contributed by atoms with Crippen LogP contribution >= 0.6 is 0 Å². The molecule has 0 saturated carbocycles. The van der Waals surface area contributed by atoms with Crippen LogP contribution in [0.3, 0.4) is 0 Å². The van der Waals surface area contributed by atoms with Crippen molar-refractivity contribution in [2.45, 2.75) is 25.4 Å². The molecule has 16 heavy (non-hydrogen) atoms. The van der Waals surface area contributed by atoms with Gasteiger partial charge in [-0.15, -0.1) is 10.2 Å². The van der Waals surface area contributed by atoms with E-state index in [-0.39, 0.29) is 5.91 Å². The second-order valence-corrected chi connectivity index (χ2v) is 4.19. The number of hydrogen-bond donors (Lipinski definition) is 0. The highest BCUT2D eigenvalue weighted by Crippen LogP contribution is 2.19. The predicted molar refractivity (Wildman–Crippen MR) is 54.9 cm³/mol. The maximum Gasteiger partial charge on any atom is 0.292 e. The fourth-order valence-electron chi connectivity index (χ4n) is 2.37. The molecule has 0 spiro atoms. The van der Waals surface area contributed by atoms with Crippen molar-refractivity contribution in [1.29, 1.82) is 0 Å². The zero-order valence-electron chi connectivity index (χ0n) is 9.00. The Hall–Kier alpha value is -1.43. The van der Waals surface area contributed by atoms with Crippen molar-refractivity contribution in [3.05, 3.63) is 12.2 Å². The van der Waals surface area contributed by atoms with E-state index in [9.17, 15) is 4.79 Å². The molecule has 1 amide bonds. The number of fused-ring (bicyclic) bond motifs is 1. The molecule has 0 N–H and O–H groups in total. The third kappa shape index (κ3) is 1.49. The molecule has 3 rings (SSSR count). The smallest absolute Gasteiger partial charge is 0.292 e. The van der Waals surface area contributed by atoms with Gasteiger partial charge in [-0.2, -0.15) is 0 Å². The summed E-state index contributed by atoms with van der Waals surface area (Å²) in [5.41, 5.74) is 0. The standard InChI is InChI=1S/C10H14N4O2/c15-10-9-12-11-7-13(9)3-4-14(10)8-1-5-16-6-2-8/h7-8H,1-6H2. The van der Waals surface area contributed by atoms with Gasteiger partial charge in [-0.3, -0.25) is 4.79 Å². The van der Waals surface area contributed by atoms with Crippen LogP contribution in [0.2, 0.25) is 0 Å². The van der Waals surface area contributed by atoms with Gasteiger partial charge in [0.15, 0.2) is 0 Å². The Kier molecular flexibility index (Phi) is 2.36. The van der Waals surface area contributed by atoms with Crippen LogP contribution in [-0.2, 0) is 11.3 Å². The number of carbonyl (C=O) groups excluding carboxylic acids is 1. The van der Waals surface area contributed by atoms with E-state index in [4.69, 9.17) is 4.74 Å². The van der Waals surface area contributed by atoms with Gasteiger partial charge in [-0.05, 0) is 12.8 Å². The Morgan fingerprint density at radius 2 is 2.12 bits per heavy atom. The molecular formula is C10H14N4O2. The van der Waals surface area contributed by atoms with Crippen LogP contribution in [0.1, 0.15) is 23.5 Å². The molecule has 0 bridgehead atoms. The molecule has 2 aliphatic heterocycles. The Bertz CT molecular complexity index is 397. The molecule has 3 heterocycles. The topological polar surface area (TPSA) is 60.2 Å². The van der Waals surface area contributed by atoms with Crippen LogP contribution in [0.25, 0.3) is 0 Å². The lowest BCUT2D eigenvalue weighted by molar-refractivity contribution is 0.0238. The third-order valence-electron chi connectivity index (χ3n) is 3.28. The highest BCUT2D eigenvalue weighted by Gasteiger charge is 2.32. The Balaban J connectivity index is 1.81. The van der Waals surface area contributed by atoms with Gasteiger partial charge in [-0.25, -0.2) is 0 Å². The summed E-state index contributed by atoms with van der Waals surface area (Å²) >= 11 is 0. The summed E-state index contributed by atoms with van der Waals surface area (Å²) in [4.78, 5) is 14.1. The zero-order valence-corrected chi connectivity index (χ0v) is 9.00. The number of nitrogens with zero attached hydrogens (tertiary/aromatic N) is 4. The molecule has 6 nitrogen and oxygen atoms in total. The van der Waals surface area contributed by atoms with E-state index in [0.717, 1.165) is 39.1 Å². The number of aromatic nitrogens is 3. The number of hydrogen-bond acceptors (Lipinski definition) is 4. The summed E-state index contributed by atoms with van der Waals surface area (Å²) in [5.74, 6) is 0.480. The second-order valence-electron chi connectivity index (χ2n) is 4.19. The third-order valence-corrected chi connectivity index (χ3v) is 3.28. The van der Waals surface area contributed by atoms with Gasteiger partial charge in [0.25, 0.3) is 5.91 Å². The van der Waals surface area contributed by atoms with Crippen molar-refractivity contribution >= 4 is 5.91 Å². The minimum atomic E-state index is 0.00986. The molecule has 0 aromatic carbocycles. The molecular weight excluding hydrogens is 208 g/mol. The van der Waals surface area contributed by atoms with Crippen LogP contribution in [0.4, 0.5) is 0 Å². The van der Waals surface area contributed by atoms with Gasteiger partial charge < -0.3 is 14.2 Å². The van der Waals surface area contributed by atoms with E-state index < -0.39 is 0 Å². The van der Waals surface area contributed by atoms with E-state index >= 15 is 0 Å². The van der Waals surface area contributed by atoms with E-state index in [2.05, 4.69) is 10.2 Å². The molecule has 0 unspecified atom stereocenters. The number of rotatable bonds is 1. The summed E-state index contributed by atoms with van der Waals surface area (Å²) in [7, 11) is 0. The van der Waals surface area contributed by atoms with Gasteiger partial charge in [0.05, 0.1) is 0 Å². The van der Waals surface area contributed by atoms with Crippen molar-refractivity contribution in [3.8, 4) is 0 Å². The first-order valence-corrected chi connectivity index (χ1v) is 5.63. The quantitative estimate of drug-likeness (QED) is 0.666. The molecule has 0 atom stereocenters. The maximum atomic E-state index is 12.1. The van der Waals surface area contributed by atoms with Crippen LogP contribution in [-0.4, -0.2) is 51.4 Å². The van der Waals surface area contributed by atoms with Crippen LogP contribution in [0.15, 0.2) is 6.33 Å². The van der Waals surface area contributed by atoms with E-state index in [1.165, 1.54) is 0 Å². The largest absolute Gasteiger partial charge is 0.381 e. The Morgan fingerprint density at radius 1 is 1.31 bits per heavy atom. The van der Waals surface area contributed by atoms with Crippen molar-refractivity contribution in [2.24, 2.45) is 0 Å². The molecule has 86 valence electrons. The van der Waals surface area contributed by atoms with Crippen molar-refractivity contribution in [3.63, 3.8) is 0 Å². The second kappa shape index (κ2) is 3.86. The van der Waals surface area contributed by atoms with Crippen molar-refractivity contribution < 1.29 is 9.53 Å². The maximum absolute atomic E-state index is 12.1. The monoisotopic (exact) mass is 222 g/mol. The van der Waals surface area contributed by atoms with E-state index in [0.29, 0.717) is 11.9 Å². The Morgan fingerprint density at radius 3 is 2.94 bits per heavy atom. The average molecular weight is 222 g/mol. The number of carbonyl (C=O) groups is 1. The van der Waals surface area contributed by atoms with Crippen molar-refractivity contribution in [1.82, 2.24) is 19.7 Å². The number of ether oxygens (including phenoxy) is 1. The minimum Gasteiger partial charge on any atom is -0.381 e. The molecule has 1 fully saturated rings. The van der Waals surface area contributed by atoms with Gasteiger partial charge in [0.1, 0.15) is 6.33 Å². The fraction of sp³-hybridized carbons (Fsp3) is 0.700. The van der Waals surface area contributed by atoms with Gasteiger partial charge in [0.2, 0.25) is 5.82 Å². The first kappa shape index (κ1) is 9.77. The molecule has 0 radical (unpaired) electrons. The first-order chi connectivity index (χ1) is 7.86. The highest BCUT2D eigenvalue weighted by molar-refractivity contribution is 5.91. The van der Waals surface area contributed by atoms with Crippen molar-refractivity contribution in [2.75, 3.05) is 19.8 Å². The normalized spacial score (nSPS) is 22.2. The van der Waals surface area contributed by atoms with Gasteiger partial charge in [0, 0.05) is 32.3 Å². The minimum absolute atomic E-state index is 0.00986. The van der Waals surface area contributed by atoms with E-state index in [1.54, 1.807) is 6.33 Å². The first-order valence-electron chi connectivity index (χ1n) is 5.63. The highest BCUT2D eigenvalue weighted by atomic mass is 16.5. The summed E-state index contributed by atoms with van der Waals surface area (Å²) < 4.78 is 7.13. The SMILES string of the molecule is O=C1c2nncn2CCN1C1CCOCC1. The predicted octanol–water partition coefficient (Wildman–Crippen LogP) is -0.0871. The fourth-order valence-corrected chi connectivity index (χ4v) is 2.37. The summed E-state index contributed by atoms with van der Waals surface area (Å²) in [6.45, 7) is 3.06. The van der Waals surface area contributed by atoms with Crippen LogP contribution in [0, 0.1) is 0 Å². The summed E-state index contributed by atoms with van der Waals surface area (Å²) in [5, 5.41) is 7.65. The van der Waals surface area contributed by atoms with Gasteiger partial charge >= 0.3 is 0 Å². The Labute approximate surface area is 93.2 Å². The molecule has 1 saturated heterocycles. The zero-order chi connectivity index (χ0) is 11.0.